The Morgan fingerprint density at radius 2 is 0.733 bits per heavy atom. The third-order valence-electron chi connectivity index (χ3n) is 8.85. The average molecular weight is 578 g/mol. The summed E-state index contributed by atoms with van der Waals surface area (Å²) >= 11 is 0. The van der Waals surface area contributed by atoms with Crippen molar-refractivity contribution < 1.29 is 0 Å². The summed E-state index contributed by atoms with van der Waals surface area (Å²) in [5, 5.41) is 0. The minimum absolute atomic E-state index is 0.0585. The van der Waals surface area contributed by atoms with E-state index in [2.05, 4.69) is 184 Å². The predicted molar refractivity (Wildman–Crippen MR) is 190 cm³/mol. The zero-order chi connectivity index (χ0) is 30.6. The molecule has 6 aromatic carbocycles. The van der Waals surface area contributed by atoms with Crippen LogP contribution in [0.15, 0.2) is 176 Å². The van der Waals surface area contributed by atoms with Crippen LogP contribution in [0.3, 0.4) is 0 Å². The van der Waals surface area contributed by atoms with Crippen molar-refractivity contribution in [3.8, 4) is 55.8 Å². The fourth-order valence-corrected chi connectivity index (χ4v) is 6.11. The van der Waals surface area contributed by atoms with Gasteiger partial charge in [-0.2, -0.15) is 0 Å². The Morgan fingerprint density at radius 1 is 0.333 bits per heavy atom. The maximum atomic E-state index is 4.77. The van der Waals surface area contributed by atoms with Crippen molar-refractivity contribution in [3.63, 3.8) is 0 Å². The van der Waals surface area contributed by atoms with E-state index in [0.717, 1.165) is 16.8 Å². The minimum atomic E-state index is -0.0585. The lowest BCUT2D eigenvalue weighted by Gasteiger charge is -2.26. The number of aromatic nitrogens is 1. The van der Waals surface area contributed by atoms with Gasteiger partial charge in [0.1, 0.15) is 0 Å². The highest BCUT2D eigenvalue weighted by Crippen LogP contribution is 2.35. The summed E-state index contributed by atoms with van der Waals surface area (Å²) in [6.07, 6.45) is 1.92. The topological polar surface area (TPSA) is 12.9 Å². The first-order valence-corrected chi connectivity index (χ1v) is 15.5. The average Bonchev–Trinajstić information content (AvgIpc) is 3.13. The molecule has 1 nitrogen and oxygen atoms in total. The lowest BCUT2D eigenvalue weighted by molar-refractivity contribution is 0.641. The third-order valence-corrected chi connectivity index (χ3v) is 8.85. The van der Waals surface area contributed by atoms with Crippen molar-refractivity contribution in [2.45, 2.75) is 19.3 Å². The highest BCUT2D eigenvalue weighted by Gasteiger charge is 2.22. The molecule has 7 rings (SSSR count). The Balaban J connectivity index is 1.15. The standard InChI is InChI=1S/C44H35N/c1-44(2,41-20-7-4-8-21-41)42-24-22-33(23-25-42)35-15-10-17-37(29-35)39-26-27-45-43(31-39)40-19-11-18-38(30-40)36-16-9-14-34(28-36)32-12-5-3-6-13-32/h3-31H,1-2H3. The summed E-state index contributed by atoms with van der Waals surface area (Å²) in [5.41, 5.74) is 14.2. The molecule has 1 aromatic heterocycles. The molecular weight excluding hydrogens is 542 g/mol. The molecule has 216 valence electrons. The van der Waals surface area contributed by atoms with Crippen LogP contribution in [0.5, 0.6) is 0 Å². The van der Waals surface area contributed by atoms with E-state index in [1.54, 1.807) is 0 Å². The highest BCUT2D eigenvalue weighted by atomic mass is 14.7. The Bertz CT molecular complexity index is 2060. The van der Waals surface area contributed by atoms with E-state index in [-0.39, 0.29) is 5.41 Å². The summed E-state index contributed by atoms with van der Waals surface area (Å²) in [6, 6.07) is 60.8. The molecule has 7 aromatic rings. The summed E-state index contributed by atoms with van der Waals surface area (Å²) in [7, 11) is 0. The monoisotopic (exact) mass is 577 g/mol. The molecule has 0 radical (unpaired) electrons. The van der Waals surface area contributed by atoms with Crippen molar-refractivity contribution in [2.75, 3.05) is 0 Å². The fourth-order valence-electron chi connectivity index (χ4n) is 6.11. The lowest BCUT2D eigenvalue weighted by atomic mass is 9.78. The molecule has 0 saturated carbocycles. The lowest BCUT2D eigenvalue weighted by Crippen LogP contribution is -2.18. The van der Waals surface area contributed by atoms with Crippen LogP contribution in [-0.4, -0.2) is 4.98 Å². The number of hydrogen-bond donors (Lipinski definition) is 0. The highest BCUT2D eigenvalue weighted by molar-refractivity contribution is 5.79. The van der Waals surface area contributed by atoms with E-state index < -0.39 is 0 Å². The maximum absolute atomic E-state index is 4.77. The van der Waals surface area contributed by atoms with Gasteiger partial charge in [0.05, 0.1) is 5.69 Å². The molecule has 0 unspecified atom stereocenters. The fraction of sp³-hybridized carbons (Fsp3) is 0.0682. The first-order chi connectivity index (χ1) is 22.0. The van der Waals surface area contributed by atoms with Crippen LogP contribution in [-0.2, 0) is 5.41 Å². The molecule has 0 spiro atoms. The normalized spacial score (nSPS) is 11.3. The molecule has 0 atom stereocenters. The predicted octanol–water partition coefficient (Wildman–Crippen LogP) is 11.7. The van der Waals surface area contributed by atoms with E-state index in [1.807, 2.05) is 6.20 Å². The van der Waals surface area contributed by atoms with E-state index in [1.165, 1.54) is 50.1 Å². The summed E-state index contributed by atoms with van der Waals surface area (Å²) in [5.74, 6) is 0. The molecule has 0 aliphatic heterocycles. The van der Waals surface area contributed by atoms with E-state index in [9.17, 15) is 0 Å². The van der Waals surface area contributed by atoms with Crippen LogP contribution in [0, 0.1) is 0 Å². The molecule has 0 N–H and O–H groups in total. The quantitative estimate of drug-likeness (QED) is 0.184. The number of nitrogens with zero attached hydrogens (tertiary/aromatic N) is 1. The first kappa shape index (κ1) is 28.3. The Labute approximate surface area is 266 Å². The SMILES string of the molecule is CC(C)(c1ccccc1)c1ccc(-c2cccc(-c3ccnc(-c4cccc(-c5cccc(-c6ccccc6)c5)c4)c3)c2)cc1. The van der Waals surface area contributed by atoms with Crippen LogP contribution >= 0.6 is 0 Å². The zero-order valence-electron chi connectivity index (χ0n) is 25.7. The van der Waals surface area contributed by atoms with Gasteiger partial charge in [-0.3, -0.25) is 4.98 Å². The van der Waals surface area contributed by atoms with Crippen LogP contribution in [0.4, 0.5) is 0 Å². The molecule has 1 heterocycles. The third kappa shape index (κ3) is 5.98. The first-order valence-electron chi connectivity index (χ1n) is 15.5. The van der Waals surface area contributed by atoms with Gasteiger partial charge in [-0.15, -0.1) is 0 Å². The number of rotatable bonds is 7. The Hall–Kier alpha value is -5.53. The van der Waals surface area contributed by atoms with Gasteiger partial charge in [0.2, 0.25) is 0 Å². The molecule has 0 fully saturated rings. The van der Waals surface area contributed by atoms with Gasteiger partial charge in [0.25, 0.3) is 0 Å². The van der Waals surface area contributed by atoms with Gasteiger partial charge in [-0.25, -0.2) is 0 Å². The second kappa shape index (κ2) is 12.2. The van der Waals surface area contributed by atoms with Gasteiger partial charge < -0.3 is 0 Å². The Morgan fingerprint density at radius 3 is 1.31 bits per heavy atom. The number of pyridine rings is 1. The molecule has 0 aliphatic carbocycles. The summed E-state index contributed by atoms with van der Waals surface area (Å²) in [4.78, 5) is 4.77. The number of benzene rings is 6. The zero-order valence-corrected chi connectivity index (χ0v) is 25.7. The van der Waals surface area contributed by atoms with Gasteiger partial charge in [-0.1, -0.05) is 153 Å². The molecule has 0 amide bonds. The molecule has 1 heteroatoms. The van der Waals surface area contributed by atoms with Crippen molar-refractivity contribution in [2.24, 2.45) is 0 Å². The van der Waals surface area contributed by atoms with Gasteiger partial charge in [0.15, 0.2) is 0 Å². The second-order valence-electron chi connectivity index (χ2n) is 12.1. The summed E-state index contributed by atoms with van der Waals surface area (Å²) in [6.45, 7) is 4.58. The van der Waals surface area contributed by atoms with Crippen LogP contribution in [0.2, 0.25) is 0 Å². The second-order valence-corrected chi connectivity index (χ2v) is 12.1. The minimum Gasteiger partial charge on any atom is -0.256 e. The van der Waals surface area contributed by atoms with Crippen LogP contribution in [0.25, 0.3) is 55.8 Å². The molecular formula is C44H35N. The molecule has 45 heavy (non-hydrogen) atoms. The van der Waals surface area contributed by atoms with E-state index in [0.29, 0.717) is 0 Å². The Kier molecular flexibility index (Phi) is 7.68. The van der Waals surface area contributed by atoms with Crippen molar-refractivity contribution in [1.29, 1.82) is 0 Å². The van der Waals surface area contributed by atoms with Crippen LogP contribution < -0.4 is 0 Å². The summed E-state index contributed by atoms with van der Waals surface area (Å²) < 4.78 is 0. The van der Waals surface area contributed by atoms with Gasteiger partial charge >= 0.3 is 0 Å². The van der Waals surface area contributed by atoms with Crippen molar-refractivity contribution in [3.05, 3.63) is 187 Å². The largest absolute Gasteiger partial charge is 0.256 e. The van der Waals surface area contributed by atoms with E-state index in [4.69, 9.17) is 4.98 Å². The number of hydrogen-bond acceptors (Lipinski definition) is 1. The van der Waals surface area contributed by atoms with Crippen molar-refractivity contribution in [1.82, 2.24) is 4.98 Å². The van der Waals surface area contributed by atoms with Crippen LogP contribution in [0.1, 0.15) is 25.0 Å². The molecule has 0 bridgehead atoms. The smallest absolute Gasteiger partial charge is 0.0708 e. The maximum Gasteiger partial charge on any atom is 0.0708 e. The molecule has 0 aliphatic rings. The van der Waals surface area contributed by atoms with E-state index >= 15 is 0 Å². The van der Waals surface area contributed by atoms with Crippen molar-refractivity contribution >= 4 is 0 Å². The molecule has 0 saturated heterocycles. The van der Waals surface area contributed by atoms with Gasteiger partial charge in [-0.05, 0) is 86.0 Å². The van der Waals surface area contributed by atoms with Gasteiger partial charge in [0, 0.05) is 17.2 Å².